The van der Waals surface area contributed by atoms with E-state index in [1.165, 1.54) is 0 Å². The van der Waals surface area contributed by atoms with Gasteiger partial charge in [0.2, 0.25) is 11.8 Å². The average molecular weight is 279 g/mol. The van der Waals surface area contributed by atoms with Gasteiger partial charge in [0.25, 0.3) is 0 Å². The highest BCUT2D eigenvalue weighted by Gasteiger charge is 2.22. The van der Waals surface area contributed by atoms with Gasteiger partial charge in [0.15, 0.2) is 11.6 Å². The van der Waals surface area contributed by atoms with Crippen LogP contribution in [0.3, 0.4) is 0 Å². The SMILES string of the molecule is Cc1noc([C@H](NCc2noc(C(C)C)n2)C(C)C)n1. The standard InChI is InChI=1S/C13H21N5O2/c1-7(2)11(13-15-9(5)17-20-13)14-6-10-16-12(8(3)4)19-18-10/h7-8,11,14H,6H2,1-5H3/t11-/m1/s1. The zero-order chi connectivity index (χ0) is 14.7. The molecule has 0 amide bonds. The third kappa shape index (κ3) is 3.41. The summed E-state index contributed by atoms with van der Waals surface area (Å²) in [5.41, 5.74) is 0. The molecule has 110 valence electrons. The van der Waals surface area contributed by atoms with Crippen LogP contribution >= 0.6 is 0 Å². The van der Waals surface area contributed by atoms with Crippen LogP contribution < -0.4 is 5.32 Å². The first-order valence-electron chi connectivity index (χ1n) is 6.83. The van der Waals surface area contributed by atoms with Crippen molar-refractivity contribution in [2.75, 3.05) is 0 Å². The van der Waals surface area contributed by atoms with Crippen molar-refractivity contribution in [1.29, 1.82) is 0 Å². The Morgan fingerprint density at radius 2 is 1.70 bits per heavy atom. The quantitative estimate of drug-likeness (QED) is 0.868. The number of aromatic nitrogens is 4. The highest BCUT2D eigenvalue weighted by atomic mass is 16.5. The molecule has 0 aromatic carbocycles. The van der Waals surface area contributed by atoms with E-state index in [0.717, 1.165) is 0 Å². The van der Waals surface area contributed by atoms with Crippen LogP contribution in [0.25, 0.3) is 0 Å². The molecule has 7 heteroatoms. The lowest BCUT2D eigenvalue weighted by Gasteiger charge is -2.17. The van der Waals surface area contributed by atoms with Crippen LogP contribution in [0.2, 0.25) is 0 Å². The zero-order valence-electron chi connectivity index (χ0n) is 12.5. The summed E-state index contributed by atoms with van der Waals surface area (Å²) < 4.78 is 10.4. The Bertz CT molecular complexity index is 546. The third-order valence-corrected chi connectivity index (χ3v) is 2.93. The van der Waals surface area contributed by atoms with Crippen LogP contribution in [-0.2, 0) is 6.54 Å². The summed E-state index contributed by atoms with van der Waals surface area (Å²) in [4.78, 5) is 8.61. The maximum Gasteiger partial charge on any atom is 0.244 e. The van der Waals surface area contributed by atoms with E-state index < -0.39 is 0 Å². The molecule has 20 heavy (non-hydrogen) atoms. The van der Waals surface area contributed by atoms with Crippen molar-refractivity contribution >= 4 is 0 Å². The molecule has 2 heterocycles. The minimum Gasteiger partial charge on any atom is -0.339 e. The van der Waals surface area contributed by atoms with Gasteiger partial charge in [0.1, 0.15) is 0 Å². The Hall–Kier alpha value is -1.76. The molecule has 0 aliphatic heterocycles. The Balaban J connectivity index is 2.02. The number of nitrogens with one attached hydrogen (secondary N) is 1. The van der Waals surface area contributed by atoms with Crippen LogP contribution in [-0.4, -0.2) is 20.3 Å². The molecular weight excluding hydrogens is 258 g/mol. The van der Waals surface area contributed by atoms with E-state index in [1.54, 1.807) is 6.92 Å². The summed E-state index contributed by atoms with van der Waals surface area (Å²) in [5.74, 6) is 3.05. The molecule has 2 aromatic rings. The van der Waals surface area contributed by atoms with E-state index in [4.69, 9.17) is 9.05 Å². The first kappa shape index (κ1) is 14.6. The highest BCUT2D eigenvalue weighted by molar-refractivity contribution is 4.95. The van der Waals surface area contributed by atoms with Gasteiger partial charge in [-0.3, -0.25) is 5.32 Å². The molecule has 0 aliphatic rings. The van der Waals surface area contributed by atoms with E-state index in [9.17, 15) is 0 Å². The lowest BCUT2D eigenvalue weighted by atomic mass is 10.0. The first-order valence-corrected chi connectivity index (χ1v) is 6.83. The van der Waals surface area contributed by atoms with Gasteiger partial charge in [-0.1, -0.05) is 38.0 Å². The fourth-order valence-electron chi connectivity index (χ4n) is 1.82. The van der Waals surface area contributed by atoms with Crippen molar-refractivity contribution in [3.8, 4) is 0 Å². The number of nitrogens with zero attached hydrogens (tertiary/aromatic N) is 4. The largest absolute Gasteiger partial charge is 0.339 e. The average Bonchev–Trinajstić information content (AvgIpc) is 2.98. The molecule has 0 unspecified atom stereocenters. The van der Waals surface area contributed by atoms with E-state index in [2.05, 4.69) is 39.4 Å². The van der Waals surface area contributed by atoms with E-state index >= 15 is 0 Å². The van der Waals surface area contributed by atoms with E-state index in [1.807, 2.05) is 13.8 Å². The Morgan fingerprint density at radius 3 is 2.20 bits per heavy atom. The van der Waals surface area contributed by atoms with Gasteiger partial charge in [-0.25, -0.2) is 0 Å². The lowest BCUT2D eigenvalue weighted by Crippen LogP contribution is -2.26. The van der Waals surface area contributed by atoms with Crippen LogP contribution in [0, 0.1) is 12.8 Å². The maximum atomic E-state index is 5.23. The molecule has 0 fully saturated rings. The Kier molecular flexibility index (Phi) is 4.49. The fraction of sp³-hybridized carbons (Fsp3) is 0.692. The van der Waals surface area contributed by atoms with Gasteiger partial charge in [-0.15, -0.1) is 0 Å². The molecule has 2 aromatic heterocycles. The summed E-state index contributed by atoms with van der Waals surface area (Å²) in [6.07, 6.45) is 0. The van der Waals surface area contributed by atoms with Gasteiger partial charge >= 0.3 is 0 Å². The predicted octanol–water partition coefficient (Wildman–Crippen LogP) is 2.37. The van der Waals surface area contributed by atoms with Gasteiger partial charge in [0.05, 0.1) is 12.6 Å². The van der Waals surface area contributed by atoms with Gasteiger partial charge in [0, 0.05) is 5.92 Å². The summed E-state index contributed by atoms with van der Waals surface area (Å²) >= 11 is 0. The van der Waals surface area contributed by atoms with Crippen molar-refractivity contribution in [3.63, 3.8) is 0 Å². The van der Waals surface area contributed by atoms with E-state index in [-0.39, 0.29) is 12.0 Å². The molecule has 0 spiro atoms. The van der Waals surface area contributed by atoms with Crippen LogP contribution in [0.15, 0.2) is 9.05 Å². The molecule has 0 bridgehead atoms. The second-order valence-corrected chi connectivity index (χ2v) is 5.49. The normalized spacial score (nSPS) is 13.3. The van der Waals surface area contributed by atoms with Gasteiger partial charge < -0.3 is 9.05 Å². The second-order valence-electron chi connectivity index (χ2n) is 5.49. The molecule has 2 rings (SSSR count). The van der Waals surface area contributed by atoms with Crippen molar-refractivity contribution in [2.24, 2.45) is 5.92 Å². The molecule has 1 atom stereocenters. The summed E-state index contributed by atoms with van der Waals surface area (Å²) in [6.45, 7) is 10.5. The Labute approximate surface area is 118 Å². The van der Waals surface area contributed by atoms with Crippen molar-refractivity contribution in [3.05, 3.63) is 23.4 Å². The fourth-order valence-corrected chi connectivity index (χ4v) is 1.82. The molecule has 0 radical (unpaired) electrons. The third-order valence-electron chi connectivity index (χ3n) is 2.93. The van der Waals surface area contributed by atoms with Crippen molar-refractivity contribution in [1.82, 2.24) is 25.6 Å². The topological polar surface area (TPSA) is 89.9 Å². The summed E-state index contributed by atoms with van der Waals surface area (Å²) in [5, 5.41) is 11.1. The first-order chi connectivity index (χ1) is 9.47. The van der Waals surface area contributed by atoms with Crippen LogP contribution in [0.1, 0.15) is 63.1 Å². The van der Waals surface area contributed by atoms with Gasteiger partial charge in [-0.05, 0) is 12.8 Å². The number of hydrogen-bond acceptors (Lipinski definition) is 7. The summed E-state index contributed by atoms with van der Waals surface area (Å²) in [6, 6.07) is -0.0304. The molecule has 0 saturated carbocycles. The second kappa shape index (κ2) is 6.13. The van der Waals surface area contributed by atoms with Gasteiger partial charge in [-0.2, -0.15) is 9.97 Å². The van der Waals surface area contributed by atoms with Crippen molar-refractivity contribution < 1.29 is 9.05 Å². The summed E-state index contributed by atoms with van der Waals surface area (Å²) in [7, 11) is 0. The molecule has 0 saturated heterocycles. The molecule has 7 nitrogen and oxygen atoms in total. The maximum absolute atomic E-state index is 5.23. The highest BCUT2D eigenvalue weighted by Crippen LogP contribution is 2.20. The Morgan fingerprint density at radius 1 is 1.00 bits per heavy atom. The van der Waals surface area contributed by atoms with Crippen LogP contribution in [0.4, 0.5) is 0 Å². The molecule has 0 aliphatic carbocycles. The van der Waals surface area contributed by atoms with E-state index in [0.29, 0.717) is 35.9 Å². The minimum absolute atomic E-state index is 0.0304. The number of hydrogen-bond donors (Lipinski definition) is 1. The number of aryl methyl sites for hydroxylation is 1. The van der Waals surface area contributed by atoms with Crippen LogP contribution in [0.5, 0.6) is 0 Å². The lowest BCUT2D eigenvalue weighted by molar-refractivity contribution is 0.284. The monoisotopic (exact) mass is 279 g/mol. The van der Waals surface area contributed by atoms with Crippen molar-refractivity contribution in [2.45, 2.75) is 53.1 Å². The minimum atomic E-state index is -0.0304. The number of rotatable bonds is 6. The predicted molar refractivity (Wildman–Crippen MR) is 71.8 cm³/mol. The molecular formula is C13H21N5O2. The zero-order valence-corrected chi connectivity index (χ0v) is 12.5. The smallest absolute Gasteiger partial charge is 0.244 e. The molecule has 1 N–H and O–H groups in total.